The third-order valence-electron chi connectivity index (χ3n) is 2.53. The van der Waals surface area contributed by atoms with Gasteiger partial charge in [0.15, 0.2) is 0 Å². The maximum Gasteiger partial charge on any atom is 0.330 e. The molecule has 21 heavy (non-hydrogen) atoms. The lowest BCUT2D eigenvalue weighted by Gasteiger charge is -2.15. The zero-order valence-corrected chi connectivity index (χ0v) is 12.7. The molecule has 0 bridgehead atoms. The smallest absolute Gasteiger partial charge is 0.330 e. The molecular weight excluding hydrogens is 292 g/mol. The molecule has 0 aliphatic carbocycles. The van der Waals surface area contributed by atoms with Crippen molar-refractivity contribution in [2.24, 2.45) is 5.41 Å². The first kappa shape index (κ1) is 15.1. The van der Waals surface area contributed by atoms with E-state index in [-0.39, 0.29) is 16.9 Å². The van der Waals surface area contributed by atoms with E-state index >= 15 is 0 Å². The maximum atomic E-state index is 11.8. The standard InChI is InChI=1S/C14H16N2O4S/c1-14(2,3)7-6-10-4-5-12(17)11(8-10)16-9-13(18)15-21(16,19)20/h4-5,8-9,15,17-18H,1-3H3. The highest BCUT2D eigenvalue weighted by Crippen LogP contribution is 2.32. The van der Waals surface area contributed by atoms with Crippen LogP contribution in [0.4, 0.5) is 5.69 Å². The van der Waals surface area contributed by atoms with Gasteiger partial charge in [-0.15, -0.1) is 0 Å². The minimum atomic E-state index is -3.94. The number of rotatable bonds is 1. The van der Waals surface area contributed by atoms with Crippen LogP contribution < -0.4 is 9.03 Å². The average molecular weight is 308 g/mol. The van der Waals surface area contributed by atoms with Gasteiger partial charge in [-0.05, 0) is 39.0 Å². The van der Waals surface area contributed by atoms with Crippen LogP contribution in [-0.2, 0) is 10.2 Å². The monoisotopic (exact) mass is 308 g/mol. The third-order valence-corrected chi connectivity index (χ3v) is 3.81. The van der Waals surface area contributed by atoms with Crippen molar-refractivity contribution in [3.05, 3.63) is 35.8 Å². The number of anilines is 1. The molecule has 1 aromatic carbocycles. The highest BCUT2D eigenvalue weighted by Gasteiger charge is 2.30. The molecule has 2 rings (SSSR count). The number of nitrogens with zero attached hydrogens (tertiary/aromatic N) is 1. The third kappa shape index (κ3) is 3.41. The molecule has 0 spiro atoms. The van der Waals surface area contributed by atoms with Gasteiger partial charge >= 0.3 is 10.2 Å². The van der Waals surface area contributed by atoms with E-state index < -0.39 is 16.1 Å². The van der Waals surface area contributed by atoms with Gasteiger partial charge in [0.1, 0.15) is 11.4 Å². The summed E-state index contributed by atoms with van der Waals surface area (Å²) in [5.41, 5.74) is 0.386. The predicted octanol–water partition coefficient (Wildman–Crippen LogP) is 1.80. The van der Waals surface area contributed by atoms with Gasteiger partial charge < -0.3 is 10.2 Å². The lowest BCUT2D eigenvalue weighted by atomic mass is 9.97. The molecule has 0 saturated carbocycles. The van der Waals surface area contributed by atoms with Gasteiger partial charge in [-0.2, -0.15) is 8.42 Å². The second-order valence-electron chi connectivity index (χ2n) is 5.62. The van der Waals surface area contributed by atoms with Crippen molar-refractivity contribution in [2.75, 3.05) is 4.31 Å². The predicted molar refractivity (Wildman–Crippen MR) is 79.7 cm³/mol. The van der Waals surface area contributed by atoms with E-state index in [1.54, 1.807) is 6.07 Å². The van der Waals surface area contributed by atoms with Gasteiger partial charge in [0.2, 0.25) is 5.88 Å². The Hall–Kier alpha value is -2.33. The Morgan fingerprint density at radius 2 is 1.90 bits per heavy atom. The molecule has 6 nitrogen and oxygen atoms in total. The molecule has 1 heterocycles. The SMILES string of the molecule is CC(C)(C)C#Cc1ccc(O)c(N2C=C(O)NS2(=O)=O)c1. The molecule has 7 heteroatoms. The zero-order valence-electron chi connectivity index (χ0n) is 11.9. The molecule has 0 saturated heterocycles. The Bertz CT molecular complexity index is 764. The quantitative estimate of drug-likeness (QED) is 0.690. The Kier molecular flexibility index (Phi) is 3.51. The molecule has 0 atom stereocenters. The molecule has 1 aliphatic heterocycles. The van der Waals surface area contributed by atoms with Crippen molar-refractivity contribution in [3.63, 3.8) is 0 Å². The summed E-state index contributed by atoms with van der Waals surface area (Å²) in [5.74, 6) is 5.21. The molecular formula is C14H16N2O4S. The Morgan fingerprint density at radius 1 is 1.24 bits per heavy atom. The second kappa shape index (κ2) is 4.90. The van der Waals surface area contributed by atoms with Gasteiger partial charge in [0.05, 0.1) is 6.20 Å². The molecule has 1 aromatic rings. The summed E-state index contributed by atoms with van der Waals surface area (Å²) in [7, 11) is -3.94. The summed E-state index contributed by atoms with van der Waals surface area (Å²) in [6, 6.07) is 4.40. The maximum absolute atomic E-state index is 11.8. The number of hydrogen-bond donors (Lipinski definition) is 3. The minimum absolute atomic E-state index is 0.0206. The van der Waals surface area contributed by atoms with Crippen molar-refractivity contribution in [1.29, 1.82) is 0 Å². The van der Waals surface area contributed by atoms with E-state index in [9.17, 15) is 18.6 Å². The van der Waals surface area contributed by atoms with E-state index in [4.69, 9.17) is 0 Å². The Morgan fingerprint density at radius 3 is 2.43 bits per heavy atom. The molecule has 112 valence electrons. The number of aliphatic hydroxyl groups is 1. The van der Waals surface area contributed by atoms with Crippen LogP contribution in [0.1, 0.15) is 26.3 Å². The van der Waals surface area contributed by atoms with Crippen LogP contribution in [0.15, 0.2) is 30.3 Å². The number of phenols is 1. The summed E-state index contributed by atoms with van der Waals surface area (Å²) in [5, 5.41) is 19.1. The van der Waals surface area contributed by atoms with Crippen LogP contribution in [-0.4, -0.2) is 18.6 Å². The van der Waals surface area contributed by atoms with Crippen LogP contribution in [0.5, 0.6) is 5.75 Å². The van der Waals surface area contributed by atoms with Crippen LogP contribution in [0, 0.1) is 17.3 Å². The van der Waals surface area contributed by atoms with Gasteiger partial charge in [0.25, 0.3) is 0 Å². The molecule has 3 N–H and O–H groups in total. The number of aromatic hydroxyl groups is 1. The number of benzene rings is 1. The molecule has 0 unspecified atom stereocenters. The Balaban J connectivity index is 2.48. The number of aliphatic hydroxyl groups excluding tert-OH is 1. The molecule has 1 aliphatic rings. The summed E-state index contributed by atoms with van der Waals surface area (Å²) < 4.78 is 26.3. The second-order valence-corrected chi connectivity index (χ2v) is 7.17. The summed E-state index contributed by atoms with van der Waals surface area (Å²) in [4.78, 5) is 0. The topological polar surface area (TPSA) is 89.9 Å². The van der Waals surface area contributed by atoms with E-state index in [2.05, 4.69) is 11.8 Å². The van der Waals surface area contributed by atoms with Gasteiger partial charge in [0, 0.05) is 11.0 Å². The highest BCUT2D eigenvalue weighted by atomic mass is 32.2. The fraction of sp³-hybridized carbons (Fsp3) is 0.286. The first-order valence-corrected chi connectivity index (χ1v) is 7.62. The van der Waals surface area contributed by atoms with Crippen molar-refractivity contribution < 1.29 is 18.6 Å². The molecule has 0 radical (unpaired) electrons. The highest BCUT2D eigenvalue weighted by molar-refractivity contribution is 7.91. The van der Waals surface area contributed by atoms with E-state index in [0.29, 0.717) is 5.56 Å². The van der Waals surface area contributed by atoms with Crippen LogP contribution >= 0.6 is 0 Å². The number of hydrogen-bond acceptors (Lipinski definition) is 4. The molecule has 0 amide bonds. The fourth-order valence-corrected chi connectivity index (χ4v) is 2.68. The van der Waals surface area contributed by atoms with Crippen molar-refractivity contribution >= 4 is 15.9 Å². The first-order valence-electron chi connectivity index (χ1n) is 6.18. The fourth-order valence-electron chi connectivity index (χ4n) is 1.62. The minimum Gasteiger partial charge on any atom is -0.506 e. The lowest BCUT2D eigenvalue weighted by Crippen LogP contribution is -2.29. The zero-order chi connectivity index (χ0) is 15.8. The number of nitrogens with one attached hydrogen (secondary N) is 1. The largest absolute Gasteiger partial charge is 0.506 e. The molecule has 0 aromatic heterocycles. The van der Waals surface area contributed by atoms with E-state index in [1.807, 2.05) is 25.5 Å². The van der Waals surface area contributed by atoms with Crippen LogP contribution in [0.25, 0.3) is 0 Å². The first-order chi connectivity index (χ1) is 9.58. The summed E-state index contributed by atoms with van der Waals surface area (Å²) in [6.45, 7) is 5.87. The van der Waals surface area contributed by atoms with Gasteiger partial charge in [-0.25, -0.2) is 9.03 Å². The molecule has 0 fully saturated rings. The number of phenolic OH excluding ortho intramolecular Hbond substituents is 1. The lowest BCUT2D eigenvalue weighted by molar-refractivity contribution is 0.392. The summed E-state index contributed by atoms with van der Waals surface area (Å²) >= 11 is 0. The Labute approximate surface area is 123 Å². The van der Waals surface area contributed by atoms with E-state index in [0.717, 1.165) is 10.5 Å². The van der Waals surface area contributed by atoms with Crippen molar-refractivity contribution in [2.45, 2.75) is 20.8 Å². The average Bonchev–Trinajstić information content (AvgIpc) is 2.60. The summed E-state index contributed by atoms with van der Waals surface area (Å²) in [6.07, 6.45) is 0.978. The van der Waals surface area contributed by atoms with Gasteiger partial charge in [-0.3, -0.25) is 0 Å². The van der Waals surface area contributed by atoms with Crippen molar-refractivity contribution in [1.82, 2.24) is 4.72 Å². The van der Waals surface area contributed by atoms with Crippen molar-refractivity contribution in [3.8, 4) is 17.6 Å². The van der Waals surface area contributed by atoms with E-state index in [1.165, 1.54) is 12.1 Å². The normalized spacial score (nSPS) is 16.7. The van der Waals surface area contributed by atoms with Crippen LogP contribution in [0.3, 0.4) is 0 Å². The van der Waals surface area contributed by atoms with Gasteiger partial charge in [-0.1, -0.05) is 11.8 Å². The van der Waals surface area contributed by atoms with Crippen LogP contribution in [0.2, 0.25) is 0 Å².